The second kappa shape index (κ2) is 9.51. The lowest BCUT2D eigenvalue weighted by Crippen LogP contribution is -2.49. The largest absolute Gasteiger partial charge is 0.459 e. The number of amides is 2. The van der Waals surface area contributed by atoms with Crippen LogP contribution in [0.5, 0.6) is 0 Å². The molecule has 2 amide bonds. The first-order valence-corrected chi connectivity index (χ1v) is 10.3. The van der Waals surface area contributed by atoms with Crippen molar-refractivity contribution in [3.8, 4) is 5.69 Å². The van der Waals surface area contributed by atoms with Crippen LogP contribution in [0.25, 0.3) is 5.69 Å². The van der Waals surface area contributed by atoms with Crippen LogP contribution in [0, 0.1) is 19.8 Å². The van der Waals surface area contributed by atoms with E-state index in [1.807, 2.05) is 0 Å². The number of rotatable bonds is 7. The first-order chi connectivity index (χ1) is 15.5. The van der Waals surface area contributed by atoms with Gasteiger partial charge in [-0.25, -0.2) is 4.68 Å². The van der Waals surface area contributed by atoms with Crippen LogP contribution in [-0.4, -0.2) is 27.6 Å². The number of hydrogen-bond acceptors (Lipinski definition) is 4. The minimum absolute atomic E-state index is 0.0348. The quantitative estimate of drug-likeness (QED) is 0.552. The molecule has 1 unspecified atom stereocenters. The SMILES string of the molecule is Cc1cc(C)n(-c2ccc(CNC(=O)C(NC(=O)c3ccco3)C(C)C)c(C(F)(F)F)c2)n1. The number of benzene rings is 1. The van der Waals surface area contributed by atoms with Gasteiger partial charge in [-0.3, -0.25) is 9.59 Å². The van der Waals surface area contributed by atoms with E-state index in [0.29, 0.717) is 11.4 Å². The Morgan fingerprint density at radius 2 is 1.88 bits per heavy atom. The molecule has 0 saturated carbocycles. The number of aromatic nitrogens is 2. The second-order valence-electron chi connectivity index (χ2n) is 8.07. The standard InChI is InChI=1S/C23H25F3N4O3/c1-13(2)20(28-21(31)19-6-5-9-33-19)22(32)27-12-16-7-8-17(11-18(16)23(24,25)26)30-15(4)10-14(3)29-30/h5-11,13,20H,12H2,1-4H3,(H,27,32)(H,28,31). The number of carbonyl (C=O) groups excluding carboxylic acids is 2. The maximum atomic E-state index is 13.8. The smallest absolute Gasteiger partial charge is 0.416 e. The maximum absolute atomic E-state index is 13.8. The molecule has 10 heteroatoms. The molecule has 1 atom stereocenters. The normalized spacial score (nSPS) is 12.6. The first kappa shape index (κ1) is 24.1. The van der Waals surface area contributed by atoms with E-state index in [9.17, 15) is 22.8 Å². The molecule has 0 aliphatic rings. The van der Waals surface area contributed by atoms with Gasteiger partial charge in [0.15, 0.2) is 5.76 Å². The first-order valence-electron chi connectivity index (χ1n) is 10.3. The van der Waals surface area contributed by atoms with Crippen LogP contribution < -0.4 is 10.6 Å². The molecule has 0 fully saturated rings. The number of halogens is 3. The van der Waals surface area contributed by atoms with Crippen molar-refractivity contribution in [1.82, 2.24) is 20.4 Å². The van der Waals surface area contributed by atoms with E-state index < -0.39 is 29.6 Å². The van der Waals surface area contributed by atoms with Gasteiger partial charge in [-0.15, -0.1) is 0 Å². The van der Waals surface area contributed by atoms with Crippen LogP contribution in [0.1, 0.15) is 46.9 Å². The van der Waals surface area contributed by atoms with Gasteiger partial charge in [0, 0.05) is 12.2 Å². The Morgan fingerprint density at radius 3 is 2.42 bits per heavy atom. The summed E-state index contributed by atoms with van der Waals surface area (Å²) < 4.78 is 47.8. The van der Waals surface area contributed by atoms with Gasteiger partial charge in [0.2, 0.25) is 5.91 Å². The molecule has 2 aromatic heterocycles. The van der Waals surface area contributed by atoms with Crippen molar-refractivity contribution in [1.29, 1.82) is 0 Å². The van der Waals surface area contributed by atoms with Gasteiger partial charge in [-0.2, -0.15) is 18.3 Å². The number of nitrogens with one attached hydrogen (secondary N) is 2. The van der Waals surface area contributed by atoms with Gasteiger partial charge in [-0.05, 0) is 55.7 Å². The van der Waals surface area contributed by atoms with Gasteiger partial charge in [0.05, 0.1) is 23.2 Å². The highest BCUT2D eigenvalue weighted by atomic mass is 19.4. The summed E-state index contributed by atoms with van der Waals surface area (Å²) in [7, 11) is 0. The van der Waals surface area contributed by atoms with Crippen LogP contribution in [0.3, 0.4) is 0 Å². The number of hydrogen-bond donors (Lipinski definition) is 2. The molecule has 33 heavy (non-hydrogen) atoms. The van der Waals surface area contributed by atoms with Gasteiger partial charge < -0.3 is 15.1 Å². The third-order valence-electron chi connectivity index (χ3n) is 5.09. The van der Waals surface area contributed by atoms with Crippen molar-refractivity contribution in [2.75, 3.05) is 0 Å². The minimum atomic E-state index is -4.63. The fraction of sp³-hybridized carbons (Fsp3) is 0.348. The van der Waals surface area contributed by atoms with Crippen LogP contribution >= 0.6 is 0 Å². The molecule has 0 radical (unpaired) electrons. The molecule has 176 valence electrons. The molecule has 1 aromatic carbocycles. The zero-order valence-electron chi connectivity index (χ0n) is 18.7. The van der Waals surface area contributed by atoms with E-state index >= 15 is 0 Å². The summed E-state index contributed by atoms with van der Waals surface area (Å²) in [6, 6.07) is 7.66. The summed E-state index contributed by atoms with van der Waals surface area (Å²) in [5, 5.41) is 9.30. The Bertz CT molecular complexity index is 1130. The van der Waals surface area contributed by atoms with Crippen LogP contribution in [0.2, 0.25) is 0 Å². The fourth-order valence-corrected chi connectivity index (χ4v) is 3.45. The fourth-order valence-electron chi connectivity index (χ4n) is 3.45. The van der Waals surface area contributed by atoms with Crippen molar-refractivity contribution in [2.45, 2.75) is 46.5 Å². The van der Waals surface area contributed by atoms with Crippen molar-refractivity contribution in [2.24, 2.45) is 5.92 Å². The molecule has 0 bridgehead atoms. The second-order valence-corrected chi connectivity index (χ2v) is 8.07. The lowest BCUT2D eigenvalue weighted by molar-refractivity contribution is -0.138. The van der Waals surface area contributed by atoms with E-state index in [2.05, 4.69) is 15.7 Å². The number of aryl methyl sites for hydroxylation is 2. The molecule has 0 saturated heterocycles. The molecule has 2 N–H and O–H groups in total. The molecule has 7 nitrogen and oxygen atoms in total. The Kier molecular flexibility index (Phi) is 6.95. The van der Waals surface area contributed by atoms with E-state index in [0.717, 1.165) is 6.07 Å². The predicted octanol–water partition coefficient (Wildman–Crippen LogP) is 4.17. The van der Waals surface area contributed by atoms with Gasteiger partial charge in [-0.1, -0.05) is 19.9 Å². The highest BCUT2D eigenvalue weighted by Crippen LogP contribution is 2.33. The van der Waals surface area contributed by atoms with Crippen molar-refractivity contribution < 1.29 is 27.2 Å². The Morgan fingerprint density at radius 1 is 1.15 bits per heavy atom. The molecule has 0 spiro atoms. The summed E-state index contributed by atoms with van der Waals surface area (Å²) in [5.41, 5.74) is 0.700. The molecule has 0 aliphatic heterocycles. The Balaban J connectivity index is 1.79. The van der Waals surface area contributed by atoms with E-state index in [1.165, 1.54) is 35.2 Å². The maximum Gasteiger partial charge on any atom is 0.416 e. The highest BCUT2D eigenvalue weighted by Gasteiger charge is 2.34. The summed E-state index contributed by atoms with van der Waals surface area (Å²) in [6.07, 6.45) is -3.30. The number of carbonyl (C=O) groups is 2. The van der Waals surface area contributed by atoms with Gasteiger partial charge >= 0.3 is 6.18 Å². The van der Waals surface area contributed by atoms with Crippen molar-refractivity contribution in [3.05, 3.63) is 70.9 Å². The predicted molar refractivity (Wildman–Crippen MR) is 115 cm³/mol. The average Bonchev–Trinajstić information content (AvgIpc) is 3.38. The zero-order chi connectivity index (χ0) is 24.3. The Hall–Kier alpha value is -3.56. The Labute approximate surface area is 189 Å². The highest BCUT2D eigenvalue weighted by molar-refractivity contribution is 5.95. The van der Waals surface area contributed by atoms with Crippen LogP contribution in [0.15, 0.2) is 47.1 Å². The summed E-state index contributed by atoms with van der Waals surface area (Å²) in [4.78, 5) is 25.0. The monoisotopic (exact) mass is 462 g/mol. The molecule has 0 aliphatic carbocycles. The molecule has 2 heterocycles. The van der Waals surface area contributed by atoms with Gasteiger partial charge in [0.1, 0.15) is 6.04 Å². The zero-order valence-corrected chi connectivity index (χ0v) is 18.7. The number of furan rings is 1. The summed E-state index contributed by atoms with van der Waals surface area (Å²) >= 11 is 0. The van der Waals surface area contributed by atoms with E-state index in [1.54, 1.807) is 33.8 Å². The molecule has 3 rings (SSSR count). The van der Waals surface area contributed by atoms with E-state index in [4.69, 9.17) is 4.42 Å². The third-order valence-corrected chi connectivity index (χ3v) is 5.09. The third kappa shape index (κ3) is 5.63. The molecular formula is C23H25F3N4O3. The molecule has 3 aromatic rings. The van der Waals surface area contributed by atoms with Crippen LogP contribution in [0.4, 0.5) is 13.2 Å². The minimum Gasteiger partial charge on any atom is -0.459 e. The summed E-state index contributed by atoms with van der Waals surface area (Å²) in [6.45, 7) is 6.59. The summed E-state index contributed by atoms with van der Waals surface area (Å²) in [5.74, 6) is -1.45. The number of nitrogens with zero attached hydrogens (tertiary/aromatic N) is 2. The van der Waals surface area contributed by atoms with Gasteiger partial charge in [0.25, 0.3) is 5.91 Å². The molecular weight excluding hydrogens is 437 g/mol. The average molecular weight is 462 g/mol. The lowest BCUT2D eigenvalue weighted by Gasteiger charge is -2.22. The van der Waals surface area contributed by atoms with Crippen molar-refractivity contribution in [3.63, 3.8) is 0 Å². The van der Waals surface area contributed by atoms with Crippen molar-refractivity contribution >= 4 is 11.8 Å². The van der Waals surface area contributed by atoms with Crippen LogP contribution in [-0.2, 0) is 17.5 Å². The van der Waals surface area contributed by atoms with E-state index in [-0.39, 0.29) is 29.5 Å². The lowest BCUT2D eigenvalue weighted by atomic mass is 10.0. The number of alkyl halides is 3. The topological polar surface area (TPSA) is 89.2 Å².